The highest BCUT2D eigenvalue weighted by molar-refractivity contribution is 6.62. The largest absolute Gasteiger partial charge is 0.494 e. The van der Waals surface area contributed by atoms with Crippen LogP contribution in [0.15, 0.2) is 115 Å². The molecule has 3 aliphatic carbocycles. The molecule has 6 aromatic rings. The van der Waals surface area contributed by atoms with E-state index in [0.29, 0.717) is 0 Å². The lowest BCUT2D eigenvalue weighted by atomic mass is 9.70. The zero-order valence-electron chi connectivity index (χ0n) is 42.6. The molecular formula is C64H75BO2. The molecule has 0 saturated carbocycles. The summed E-state index contributed by atoms with van der Waals surface area (Å²) in [5.74, 6) is 0. The van der Waals surface area contributed by atoms with Gasteiger partial charge in [-0.15, -0.1) is 0 Å². The highest BCUT2D eigenvalue weighted by atomic mass is 16.7. The van der Waals surface area contributed by atoms with E-state index in [1.807, 2.05) is 0 Å². The third-order valence-corrected chi connectivity index (χ3v) is 17.5. The number of benzene rings is 6. The summed E-state index contributed by atoms with van der Waals surface area (Å²) in [6.45, 7) is 22.8. The van der Waals surface area contributed by atoms with Crippen LogP contribution in [0.2, 0.25) is 0 Å². The van der Waals surface area contributed by atoms with E-state index < -0.39 is 0 Å². The Balaban J connectivity index is 0.945. The molecule has 10 rings (SSSR count). The predicted octanol–water partition coefficient (Wildman–Crippen LogP) is 17.3. The maximum Gasteiger partial charge on any atom is 0.494 e. The number of hydrogen-bond acceptors (Lipinski definition) is 2. The SMILES string of the molecule is CCCCCCCCC1(CCCCCCC)c2ccccc2-c2ccc(-c3ccc4c(c3)C(C)(C)c3cc(-c5ccc6c(c5)C(C)(C)c5cc(B7OC(C)(C)C(C)(C)O7)ccc5-6)ccc3-4)cc21. The molecule has 6 aromatic carbocycles. The zero-order valence-corrected chi connectivity index (χ0v) is 42.6. The molecule has 346 valence electrons. The van der Waals surface area contributed by atoms with Gasteiger partial charge in [-0.25, -0.2) is 0 Å². The molecule has 2 nitrogen and oxygen atoms in total. The molecule has 3 heteroatoms. The van der Waals surface area contributed by atoms with Crippen molar-refractivity contribution in [1.29, 1.82) is 0 Å². The maximum atomic E-state index is 6.49. The number of rotatable bonds is 16. The lowest BCUT2D eigenvalue weighted by Crippen LogP contribution is -2.41. The topological polar surface area (TPSA) is 18.5 Å². The van der Waals surface area contributed by atoms with Crippen molar-refractivity contribution >= 4 is 12.6 Å². The Morgan fingerprint density at radius 1 is 0.358 bits per heavy atom. The fourth-order valence-corrected chi connectivity index (χ4v) is 12.7. The van der Waals surface area contributed by atoms with Crippen molar-refractivity contribution in [3.05, 3.63) is 149 Å². The smallest absolute Gasteiger partial charge is 0.399 e. The van der Waals surface area contributed by atoms with Crippen molar-refractivity contribution < 1.29 is 9.31 Å². The Kier molecular flexibility index (Phi) is 11.9. The average Bonchev–Trinajstić information content (AvgIpc) is 3.90. The second-order valence-corrected chi connectivity index (χ2v) is 23.0. The molecule has 0 bridgehead atoms. The van der Waals surface area contributed by atoms with Crippen LogP contribution in [0.5, 0.6) is 0 Å². The van der Waals surface area contributed by atoms with E-state index in [0.717, 1.165) is 5.46 Å². The van der Waals surface area contributed by atoms with Crippen LogP contribution in [0.1, 0.15) is 186 Å². The van der Waals surface area contributed by atoms with E-state index in [9.17, 15) is 0 Å². The molecule has 1 heterocycles. The second kappa shape index (κ2) is 17.4. The molecule has 67 heavy (non-hydrogen) atoms. The minimum atomic E-state index is -0.374. The summed E-state index contributed by atoms with van der Waals surface area (Å²) in [5, 5.41) is 0. The van der Waals surface area contributed by atoms with Gasteiger partial charge in [0.05, 0.1) is 11.2 Å². The van der Waals surface area contributed by atoms with E-state index in [-0.39, 0.29) is 34.6 Å². The van der Waals surface area contributed by atoms with Crippen LogP contribution in [0.25, 0.3) is 55.6 Å². The molecular weight excluding hydrogens is 812 g/mol. The third kappa shape index (κ3) is 7.70. The Bertz CT molecular complexity index is 2820. The fraction of sp³-hybridized carbons (Fsp3) is 0.438. The lowest BCUT2D eigenvalue weighted by Gasteiger charge is -2.33. The van der Waals surface area contributed by atoms with E-state index in [1.54, 1.807) is 11.1 Å². The average molecular weight is 887 g/mol. The van der Waals surface area contributed by atoms with Gasteiger partial charge in [-0.05, 0) is 159 Å². The standard InChI is InChI=1S/C64H75BO2/c1-11-13-15-17-19-23-37-64(36-22-18-16-14-12-2)54-25-21-20-24-48(54)53-34-29-46(41-59(53)64)45-28-32-50-49-31-26-43(38-55(49)60(3,4)56(50)40-45)44-27-33-51-52-35-30-47(42-58(52)61(5,6)57(51)39-44)65-66-62(7,8)63(9,10)67-65/h20-21,24-35,38-42H,11-19,22-23,36-37H2,1-10H3. The van der Waals surface area contributed by atoms with Crippen LogP contribution in [0, 0.1) is 0 Å². The van der Waals surface area contributed by atoms with Gasteiger partial charge in [-0.1, -0.05) is 203 Å². The van der Waals surface area contributed by atoms with Gasteiger partial charge in [0.25, 0.3) is 0 Å². The van der Waals surface area contributed by atoms with Gasteiger partial charge in [0, 0.05) is 16.2 Å². The number of fused-ring (bicyclic) bond motifs is 9. The maximum absolute atomic E-state index is 6.49. The first-order chi connectivity index (χ1) is 32.1. The molecule has 1 aliphatic heterocycles. The van der Waals surface area contributed by atoms with Gasteiger partial charge >= 0.3 is 7.12 Å². The van der Waals surface area contributed by atoms with Gasteiger partial charge in [0.1, 0.15) is 0 Å². The summed E-state index contributed by atoms with van der Waals surface area (Å²) in [6, 6.07) is 45.5. The van der Waals surface area contributed by atoms with Crippen LogP contribution >= 0.6 is 0 Å². The van der Waals surface area contributed by atoms with Crippen molar-refractivity contribution in [1.82, 2.24) is 0 Å². The molecule has 0 spiro atoms. The van der Waals surface area contributed by atoms with Crippen molar-refractivity contribution in [2.45, 2.75) is 180 Å². The van der Waals surface area contributed by atoms with Crippen LogP contribution < -0.4 is 5.46 Å². The summed E-state index contributed by atoms with van der Waals surface area (Å²) in [5.41, 5.74) is 22.4. The Morgan fingerprint density at radius 3 is 1.18 bits per heavy atom. The van der Waals surface area contributed by atoms with Crippen LogP contribution in [0.3, 0.4) is 0 Å². The van der Waals surface area contributed by atoms with Crippen molar-refractivity contribution in [3.8, 4) is 55.6 Å². The molecule has 1 atom stereocenters. The highest BCUT2D eigenvalue weighted by Crippen LogP contribution is 2.56. The summed E-state index contributed by atoms with van der Waals surface area (Å²) in [6.07, 6.45) is 17.1. The van der Waals surface area contributed by atoms with Gasteiger partial charge < -0.3 is 9.31 Å². The Hall–Kier alpha value is -4.70. The molecule has 0 amide bonds. The second-order valence-electron chi connectivity index (χ2n) is 23.0. The minimum Gasteiger partial charge on any atom is -0.399 e. The van der Waals surface area contributed by atoms with Crippen molar-refractivity contribution in [2.24, 2.45) is 0 Å². The van der Waals surface area contributed by atoms with E-state index in [1.165, 1.54) is 161 Å². The number of hydrogen-bond donors (Lipinski definition) is 0. The van der Waals surface area contributed by atoms with Crippen LogP contribution in [-0.4, -0.2) is 18.3 Å². The quantitative estimate of drug-likeness (QED) is 0.0712. The minimum absolute atomic E-state index is 0.0777. The highest BCUT2D eigenvalue weighted by Gasteiger charge is 2.52. The fourth-order valence-electron chi connectivity index (χ4n) is 12.7. The summed E-state index contributed by atoms with van der Waals surface area (Å²) in [7, 11) is -0.374. The summed E-state index contributed by atoms with van der Waals surface area (Å²) in [4.78, 5) is 0. The number of unbranched alkanes of at least 4 members (excludes halogenated alkanes) is 9. The van der Waals surface area contributed by atoms with Crippen molar-refractivity contribution in [2.75, 3.05) is 0 Å². The summed E-state index contributed by atoms with van der Waals surface area (Å²) >= 11 is 0. The van der Waals surface area contributed by atoms with E-state index in [2.05, 4.69) is 184 Å². The van der Waals surface area contributed by atoms with Crippen LogP contribution in [-0.2, 0) is 25.6 Å². The van der Waals surface area contributed by atoms with Gasteiger partial charge in [0.15, 0.2) is 0 Å². The molecule has 1 unspecified atom stereocenters. The summed E-state index contributed by atoms with van der Waals surface area (Å²) < 4.78 is 13.0. The first-order valence-corrected chi connectivity index (χ1v) is 26.3. The Morgan fingerprint density at radius 2 is 0.716 bits per heavy atom. The molecule has 0 N–H and O–H groups in total. The Labute approximate surface area is 404 Å². The van der Waals surface area contributed by atoms with Crippen LogP contribution in [0.4, 0.5) is 0 Å². The lowest BCUT2D eigenvalue weighted by molar-refractivity contribution is 0.00578. The molecule has 0 aromatic heterocycles. The zero-order chi connectivity index (χ0) is 46.9. The van der Waals surface area contributed by atoms with Gasteiger partial charge in [-0.3, -0.25) is 0 Å². The predicted molar refractivity (Wildman–Crippen MR) is 286 cm³/mol. The first kappa shape index (κ1) is 46.1. The molecule has 4 aliphatic rings. The molecule has 0 radical (unpaired) electrons. The van der Waals surface area contributed by atoms with Gasteiger partial charge in [0.2, 0.25) is 0 Å². The molecule has 1 fully saturated rings. The van der Waals surface area contributed by atoms with Crippen molar-refractivity contribution in [3.63, 3.8) is 0 Å². The normalized spacial score (nSPS) is 19.5. The molecule has 1 saturated heterocycles. The monoisotopic (exact) mass is 887 g/mol. The first-order valence-electron chi connectivity index (χ1n) is 26.3. The van der Waals surface area contributed by atoms with Gasteiger partial charge in [-0.2, -0.15) is 0 Å². The van der Waals surface area contributed by atoms with E-state index in [4.69, 9.17) is 9.31 Å². The third-order valence-electron chi connectivity index (χ3n) is 17.5. The van der Waals surface area contributed by atoms with E-state index >= 15 is 0 Å².